The lowest BCUT2D eigenvalue weighted by atomic mass is 9.95. The number of nitrogens with zero attached hydrogens (tertiary/aromatic N) is 1. The maximum absolute atomic E-state index is 12.7. The number of aliphatic hydroxyl groups is 1. The van der Waals surface area contributed by atoms with Gasteiger partial charge in [-0.2, -0.15) is 0 Å². The van der Waals surface area contributed by atoms with Gasteiger partial charge in [0.05, 0.1) is 6.10 Å². The first kappa shape index (κ1) is 14.5. The molecule has 4 rings (SSSR count). The number of aliphatic hydroxyl groups excluding tert-OH is 1. The number of carbonyl (C=O) groups is 1. The van der Waals surface area contributed by atoms with Crippen LogP contribution >= 0.6 is 0 Å². The van der Waals surface area contributed by atoms with Gasteiger partial charge in [-0.3, -0.25) is 4.79 Å². The molecule has 0 spiro atoms. The number of likely N-dealkylation sites (tertiary alicyclic amines) is 1. The van der Waals surface area contributed by atoms with Crippen LogP contribution in [0.5, 0.6) is 0 Å². The second kappa shape index (κ2) is 5.50. The number of hydrogen-bond acceptors (Lipinski definition) is 2. The standard InChI is InChI=1S/C20H21NO2/c1-13-8-9-21(12-19(13)22)20(23)15-6-7-18-16(11-15)10-14-4-2-3-5-17(14)18/h2-7,11,13,19,22H,8-10,12H2,1H3. The van der Waals surface area contributed by atoms with Crippen molar-refractivity contribution in [2.24, 2.45) is 5.92 Å². The third-order valence-corrected chi connectivity index (χ3v) is 5.25. The highest BCUT2D eigenvalue weighted by molar-refractivity contribution is 5.95. The van der Waals surface area contributed by atoms with Crippen molar-refractivity contribution < 1.29 is 9.90 Å². The molecule has 118 valence electrons. The summed E-state index contributed by atoms with van der Waals surface area (Å²) in [5, 5.41) is 10.0. The van der Waals surface area contributed by atoms with Crippen LogP contribution in [-0.2, 0) is 6.42 Å². The summed E-state index contributed by atoms with van der Waals surface area (Å²) in [6, 6.07) is 14.4. The number of piperidine rings is 1. The SMILES string of the molecule is CC1CCN(C(=O)c2ccc3c(c2)Cc2ccccc2-3)CC1O. The average molecular weight is 307 g/mol. The van der Waals surface area contributed by atoms with Gasteiger partial charge in [0.15, 0.2) is 0 Å². The maximum Gasteiger partial charge on any atom is 0.253 e. The Morgan fingerprint density at radius 3 is 2.74 bits per heavy atom. The van der Waals surface area contributed by atoms with E-state index < -0.39 is 6.10 Å². The lowest BCUT2D eigenvalue weighted by molar-refractivity contribution is 0.0248. The zero-order chi connectivity index (χ0) is 16.0. The molecule has 1 fully saturated rings. The molecule has 1 N–H and O–H groups in total. The van der Waals surface area contributed by atoms with E-state index in [2.05, 4.69) is 30.3 Å². The van der Waals surface area contributed by atoms with Gasteiger partial charge in [-0.1, -0.05) is 37.3 Å². The van der Waals surface area contributed by atoms with Crippen molar-refractivity contribution in [3.8, 4) is 11.1 Å². The van der Waals surface area contributed by atoms with Crippen LogP contribution in [0.4, 0.5) is 0 Å². The summed E-state index contributed by atoms with van der Waals surface area (Å²) in [7, 11) is 0. The predicted octanol–water partition coefficient (Wildman–Crippen LogP) is 3.10. The smallest absolute Gasteiger partial charge is 0.253 e. The zero-order valence-corrected chi connectivity index (χ0v) is 13.3. The van der Waals surface area contributed by atoms with Crippen LogP contribution in [0.15, 0.2) is 42.5 Å². The second-order valence-corrected chi connectivity index (χ2v) is 6.79. The lowest BCUT2D eigenvalue weighted by Crippen LogP contribution is -2.45. The number of fused-ring (bicyclic) bond motifs is 3. The Bertz CT molecular complexity index is 768. The Balaban J connectivity index is 1.60. The van der Waals surface area contributed by atoms with E-state index in [9.17, 15) is 9.90 Å². The molecule has 2 aromatic rings. The van der Waals surface area contributed by atoms with Gasteiger partial charge in [0.2, 0.25) is 0 Å². The second-order valence-electron chi connectivity index (χ2n) is 6.79. The van der Waals surface area contributed by atoms with Gasteiger partial charge in [0, 0.05) is 18.7 Å². The molecule has 0 radical (unpaired) electrons. The number of β-amino-alcohol motifs (C(OH)–C–C–N with tert-alkyl or cyclic N) is 1. The van der Waals surface area contributed by atoms with E-state index in [1.54, 1.807) is 4.90 Å². The fourth-order valence-electron chi connectivity index (χ4n) is 3.69. The molecule has 2 aliphatic rings. The Kier molecular flexibility index (Phi) is 3.46. The van der Waals surface area contributed by atoms with Gasteiger partial charge in [-0.15, -0.1) is 0 Å². The van der Waals surface area contributed by atoms with E-state index in [0.29, 0.717) is 6.54 Å². The molecule has 2 unspecified atom stereocenters. The van der Waals surface area contributed by atoms with Crippen LogP contribution < -0.4 is 0 Å². The first-order valence-corrected chi connectivity index (χ1v) is 8.32. The summed E-state index contributed by atoms with van der Waals surface area (Å²) < 4.78 is 0. The van der Waals surface area contributed by atoms with Gasteiger partial charge < -0.3 is 10.0 Å². The molecule has 0 bridgehead atoms. The number of amides is 1. The highest BCUT2D eigenvalue weighted by atomic mass is 16.3. The van der Waals surface area contributed by atoms with Crippen molar-refractivity contribution in [3.63, 3.8) is 0 Å². The minimum absolute atomic E-state index is 0.0368. The topological polar surface area (TPSA) is 40.5 Å². The van der Waals surface area contributed by atoms with Crippen molar-refractivity contribution in [1.29, 1.82) is 0 Å². The van der Waals surface area contributed by atoms with Crippen LogP contribution in [-0.4, -0.2) is 35.1 Å². The fraction of sp³-hybridized carbons (Fsp3) is 0.350. The molecule has 2 atom stereocenters. The highest BCUT2D eigenvalue weighted by Crippen LogP contribution is 2.36. The van der Waals surface area contributed by atoms with Crippen molar-refractivity contribution in [2.75, 3.05) is 13.1 Å². The molecule has 3 heteroatoms. The molecule has 1 heterocycles. The van der Waals surface area contributed by atoms with Gasteiger partial charge in [0.25, 0.3) is 5.91 Å². The van der Waals surface area contributed by atoms with Crippen LogP contribution in [0, 0.1) is 5.92 Å². The first-order valence-electron chi connectivity index (χ1n) is 8.32. The average Bonchev–Trinajstić information content (AvgIpc) is 2.94. The molecule has 1 amide bonds. The van der Waals surface area contributed by atoms with Gasteiger partial charge >= 0.3 is 0 Å². The van der Waals surface area contributed by atoms with Crippen LogP contribution in [0.1, 0.15) is 34.8 Å². The Labute approximate surface area is 136 Å². The highest BCUT2D eigenvalue weighted by Gasteiger charge is 2.28. The summed E-state index contributed by atoms with van der Waals surface area (Å²) in [5.41, 5.74) is 5.81. The Hall–Kier alpha value is -2.13. The molecule has 2 aromatic carbocycles. The molecule has 23 heavy (non-hydrogen) atoms. The van der Waals surface area contributed by atoms with Gasteiger partial charge in [-0.25, -0.2) is 0 Å². The predicted molar refractivity (Wildman–Crippen MR) is 90.4 cm³/mol. The summed E-state index contributed by atoms with van der Waals surface area (Å²) in [6.07, 6.45) is 1.35. The van der Waals surface area contributed by atoms with Crippen molar-refractivity contribution in [3.05, 3.63) is 59.2 Å². The summed E-state index contributed by atoms with van der Waals surface area (Å²) in [4.78, 5) is 14.5. The van der Waals surface area contributed by atoms with E-state index in [4.69, 9.17) is 0 Å². The van der Waals surface area contributed by atoms with Gasteiger partial charge in [-0.05, 0) is 53.1 Å². The van der Waals surface area contributed by atoms with E-state index in [0.717, 1.165) is 24.9 Å². The number of rotatable bonds is 1. The van der Waals surface area contributed by atoms with E-state index in [1.807, 2.05) is 19.1 Å². The normalized spacial score (nSPS) is 22.6. The quantitative estimate of drug-likeness (QED) is 0.750. The van der Waals surface area contributed by atoms with E-state index in [1.165, 1.54) is 22.3 Å². The van der Waals surface area contributed by atoms with E-state index in [-0.39, 0.29) is 11.8 Å². The lowest BCUT2D eigenvalue weighted by Gasteiger charge is -2.34. The Morgan fingerprint density at radius 1 is 1.13 bits per heavy atom. The fourth-order valence-corrected chi connectivity index (χ4v) is 3.69. The molecule has 1 aliphatic carbocycles. The number of benzene rings is 2. The van der Waals surface area contributed by atoms with Crippen molar-refractivity contribution in [1.82, 2.24) is 4.90 Å². The molecular weight excluding hydrogens is 286 g/mol. The zero-order valence-electron chi connectivity index (χ0n) is 13.3. The number of carbonyl (C=O) groups excluding carboxylic acids is 1. The summed E-state index contributed by atoms with van der Waals surface area (Å²) in [5.74, 6) is 0.309. The van der Waals surface area contributed by atoms with Crippen molar-refractivity contribution >= 4 is 5.91 Å². The Morgan fingerprint density at radius 2 is 1.91 bits per heavy atom. The minimum Gasteiger partial charge on any atom is -0.391 e. The van der Waals surface area contributed by atoms with Crippen molar-refractivity contribution in [2.45, 2.75) is 25.9 Å². The first-order chi connectivity index (χ1) is 11.1. The van der Waals surface area contributed by atoms with Crippen LogP contribution in [0.2, 0.25) is 0 Å². The monoisotopic (exact) mass is 307 g/mol. The molecule has 3 nitrogen and oxygen atoms in total. The third-order valence-electron chi connectivity index (χ3n) is 5.25. The van der Waals surface area contributed by atoms with Crippen LogP contribution in [0.3, 0.4) is 0 Å². The maximum atomic E-state index is 12.7. The minimum atomic E-state index is -0.411. The third kappa shape index (κ3) is 2.45. The molecule has 1 saturated heterocycles. The molecule has 1 aliphatic heterocycles. The summed E-state index contributed by atoms with van der Waals surface area (Å²) in [6.45, 7) is 3.21. The molecular formula is C20H21NO2. The largest absolute Gasteiger partial charge is 0.391 e. The molecule has 0 aromatic heterocycles. The van der Waals surface area contributed by atoms with Crippen LogP contribution in [0.25, 0.3) is 11.1 Å². The molecule has 0 saturated carbocycles. The van der Waals surface area contributed by atoms with E-state index >= 15 is 0 Å². The summed E-state index contributed by atoms with van der Waals surface area (Å²) >= 11 is 0. The van der Waals surface area contributed by atoms with Gasteiger partial charge in [0.1, 0.15) is 0 Å². The number of hydrogen-bond donors (Lipinski definition) is 1.